The molecule has 136 valence electrons. The summed E-state index contributed by atoms with van der Waals surface area (Å²) < 4.78 is 8.44. The molecule has 2 heterocycles. The Morgan fingerprint density at radius 1 is 1.28 bits per heavy atom. The Kier molecular flexibility index (Phi) is 3.51. The number of nitrogens with one attached hydrogen (secondary N) is 1. The smallest absolute Gasteiger partial charge is 0.105 e. The van der Waals surface area contributed by atoms with E-state index in [1.165, 1.54) is 9.15 Å². The lowest BCUT2D eigenvalue weighted by molar-refractivity contribution is -0.154. The van der Waals surface area contributed by atoms with Crippen LogP contribution in [0, 0.1) is 11.3 Å². The molecule has 5 heteroatoms. The predicted octanol–water partition coefficient (Wildman–Crippen LogP) is 2.60. The van der Waals surface area contributed by atoms with Crippen molar-refractivity contribution in [3.05, 3.63) is 33.0 Å². The van der Waals surface area contributed by atoms with E-state index in [-0.39, 0.29) is 17.1 Å². The molecule has 2 aliphatic heterocycles. The summed E-state index contributed by atoms with van der Waals surface area (Å²) in [6.45, 7) is 2.38. The van der Waals surface area contributed by atoms with Gasteiger partial charge >= 0.3 is 0 Å². The molecule has 2 bridgehead atoms. The SMILES string of the molecule is CN[C@H]1C[C@@]23CC[C@@]4(O2)C(=CC[C@]2(C)C(I)=CC[C@H]24)C=C3[C@@H](O)[C@@H]1O. The molecule has 0 aromatic carbocycles. The van der Waals surface area contributed by atoms with Gasteiger partial charge in [0, 0.05) is 17.4 Å². The van der Waals surface area contributed by atoms with Crippen LogP contribution >= 0.6 is 22.6 Å². The topological polar surface area (TPSA) is 61.7 Å². The van der Waals surface area contributed by atoms with E-state index < -0.39 is 17.8 Å². The van der Waals surface area contributed by atoms with Gasteiger partial charge in [0.2, 0.25) is 0 Å². The maximum Gasteiger partial charge on any atom is 0.105 e. The third-order valence-electron chi connectivity index (χ3n) is 7.73. The van der Waals surface area contributed by atoms with Gasteiger partial charge in [0.25, 0.3) is 0 Å². The number of likely N-dealkylation sites (N-methyl/N-ethyl adjacent to an activating group) is 1. The number of aliphatic hydroxyl groups is 2. The van der Waals surface area contributed by atoms with E-state index in [9.17, 15) is 10.2 Å². The van der Waals surface area contributed by atoms with Crippen molar-refractivity contribution in [2.24, 2.45) is 11.3 Å². The monoisotopic (exact) mass is 455 g/mol. The van der Waals surface area contributed by atoms with Crippen molar-refractivity contribution < 1.29 is 14.9 Å². The highest BCUT2D eigenvalue weighted by molar-refractivity contribution is 14.1. The van der Waals surface area contributed by atoms with Gasteiger partial charge in [-0.05, 0) is 76.5 Å². The molecular weight excluding hydrogens is 429 g/mol. The Bertz CT molecular complexity index is 730. The second-order valence-corrected chi connectivity index (χ2v) is 9.90. The summed E-state index contributed by atoms with van der Waals surface area (Å²) in [5.41, 5.74) is 1.67. The fraction of sp³-hybridized carbons (Fsp3) is 0.700. The number of ether oxygens (including phenoxy) is 1. The molecule has 7 atom stereocenters. The maximum atomic E-state index is 10.8. The summed E-state index contributed by atoms with van der Waals surface area (Å²) in [6, 6.07) is -0.135. The molecule has 2 spiro atoms. The lowest BCUT2D eigenvalue weighted by Gasteiger charge is -2.55. The zero-order valence-corrected chi connectivity index (χ0v) is 16.9. The number of allylic oxidation sites excluding steroid dienone is 3. The fourth-order valence-electron chi connectivity index (χ4n) is 6.26. The molecule has 25 heavy (non-hydrogen) atoms. The van der Waals surface area contributed by atoms with Crippen LogP contribution in [0.3, 0.4) is 0 Å². The first kappa shape index (κ1) is 16.9. The second-order valence-electron chi connectivity index (χ2n) is 8.74. The van der Waals surface area contributed by atoms with Gasteiger partial charge in [-0.15, -0.1) is 0 Å². The van der Waals surface area contributed by atoms with Crippen molar-refractivity contribution in [1.29, 1.82) is 0 Å². The zero-order valence-electron chi connectivity index (χ0n) is 14.8. The number of fused-ring (bicyclic) bond motifs is 1. The summed E-state index contributed by atoms with van der Waals surface area (Å²) in [6.07, 6.45) is 10.1. The maximum absolute atomic E-state index is 10.8. The molecule has 3 N–H and O–H groups in total. The van der Waals surface area contributed by atoms with Gasteiger partial charge in [-0.3, -0.25) is 0 Å². The molecule has 3 aliphatic carbocycles. The summed E-state index contributed by atoms with van der Waals surface area (Å²) in [7, 11) is 1.85. The molecule has 1 saturated carbocycles. The average molecular weight is 455 g/mol. The minimum absolute atomic E-state index is 0.135. The van der Waals surface area contributed by atoms with Crippen LogP contribution in [0.5, 0.6) is 0 Å². The van der Waals surface area contributed by atoms with E-state index in [1.807, 2.05) is 7.05 Å². The van der Waals surface area contributed by atoms with Crippen LogP contribution in [0.1, 0.15) is 39.0 Å². The number of rotatable bonds is 1. The molecule has 1 saturated heterocycles. The van der Waals surface area contributed by atoms with Gasteiger partial charge in [0.15, 0.2) is 0 Å². The standard InChI is InChI=1S/C20H26INO3/c1-18-6-5-11-9-12-16(23)17(24)13(22-2)10-19(12)7-8-20(11,25-19)14(18)3-4-15(18)21/h4-5,9,13-14,16-17,22-24H,3,6-8,10H2,1-2H3/t13-,14+,16+,17+,18-,19+,20+/m0/s1. The minimum atomic E-state index is -0.849. The van der Waals surface area contributed by atoms with E-state index in [0.717, 1.165) is 37.7 Å². The van der Waals surface area contributed by atoms with Crippen molar-refractivity contribution in [3.8, 4) is 0 Å². The molecular formula is C20H26INO3. The highest BCUT2D eigenvalue weighted by Gasteiger charge is 2.66. The van der Waals surface area contributed by atoms with Gasteiger partial charge < -0.3 is 20.3 Å². The van der Waals surface area contributed by atoms with Crippen molar-refractivity contribution in [2.45, 2.75) is 68.5 Å². The van der Waals surface area contributed by atoms with Gasteiger partial charge in [-0.2, -0.15) is 0 Å². The quantitative estimate of drug-likeness (QED) is 0.533. The molecule has 0 aromatic rings. The van der Waals surface area contributed by atoms with E-state index in [1.54, 1.807) is 0 Å². The van der Waals surface area contributed by atoms with Gasteiger partial charge in [-0.25, -0.2) is 0 Å². The highest BCUT2D eigenvalue weighted by atomic mass is 127. The van der Waals surface area contributed by atoms with Crippen molar-refractivity contribution >= 4 is 22.6 Å². The Morgan fingerprint density at radius 3 is 2.84 bits per heavy atom. The van der Waals surface area contributed by atoms with Crippen LogP contribution in [0.2, 0.25) is 0 Å². The molecule has 5 rings (SSSR count). The first-order valence-corrected chi connectivity index (χ1v) is 10.5. The summed E-state index contributed by atoms with van der Waals surface area (Å²) >= 11 is 2.51. The number of hydrogen-bond donors (Lipinski definition) is 3. The van der Waals surface area contributed by atoms with E-state index in [2.05, 4.69) is 53.1 Å². The fourth-order valence-corrected chi connectivity index (χ4v) is 7.11. The molecule has 5 aliphatic rings. The van der Waals surface area contributed by atoms with Gasteiger partial charge in [0.1, 0.15) is 6.10 Å². The van der Waals surface area contributed by atoms with Crippen molar-refractivity contribution in [3.63, 3.8) is 0 Å². The summed E-state index contributed by atoms with van der Waals surface area (Å²) in [5, 5.41) is 24.4. The second kappa shape index (κ2) is 5.19. The minimum Gasteiger partial charge on any atom is -0.388 e. The average Bonchev–Trinajstić information content (AvgIpc) is 3.07. The van der Waals surface area contributed by atoms with E-state index in [4.69, 9.17) is 4.74 Å². The number of aliphatic hydroxyl groups excluding tert-OH is 2. The third-order valence-corrected chi connectivity index (χ3v) is 9.41. The Hall–Kier alpha value is -0.210. The normalized spacial score (nSPS) is 53.4. The highest BCUT2D eigenvalue weighted by Crippen LogP contribution is 2.67. The van der Waals surface area contributed by atoms with Crippen LogP contribution in [0.25, 0.3) is 0 Å². The molecule has 0 amide bonds. The summed E-state index contributed by atoms with van der Waals surface area (Å²) in [4.78, 5) is 0. The predicted molar refractivity (Wildman–Crippen MR) is 104 cm³/mol. The molecule has 2 fully saturated rings. The lowest BCUT2D eigenvalue weighted by Crippen LogP contribution is -2.61. The Labute approximate surface area is 162 Å². The first-order chi connectivity index (χ1) is 11.9. The molecule has 0 unspecified atom stereocenters. The zero-order chi connectivity index (χ0) is 17.6. The van der Waals surface area contributed by atoms with Crippen LogP contribution in [0.4, 0.5) is 0 Å². The third kappa shape index (κ3) is 1.92. The Morgan fingerprint density at radius 2 is 2.08 bits per heavy atom. The van der Waals surface area contributed by atoms with E-state index >= 15 is 0 Å². The van der Waals surface area contributed by atoms with Crippen LogP contribution < -0.4 is 5.32 Å². The molecule has 0 radical (unpaired) electrons. The number of hydrogen-bond acceptors (Lipinski definition) is 4. The van der Waals surface area contributed by atoms with Crippen LogP contribution in [-0.4, -0.2) is 46.7 Å². The van der Waals surface area contributed by atoms with Crippen molar-refractivity contribution in [2.75, 3.05) is 7.05 Å². The van der Waals surface area contributed by atoms with Crippen LogP contribution in [-0.2, 0) is 4.74 Å². The molecule has 0 aromatic heterocycles. The van der Waals surface area contributed by atoms with Gasteiger partial charge in [-0.1, -0.05) is 25.2 Å². The summed E-state index contributed by atoms with van der Waals surface area (Å²) in [5.74, 6) is 0.473. The van der Waals surface area contributed by atoms with E-state index in [0.29, 0.717) is 5.92 Å². The van der Waals surface area contributed by atoms with Gasteiger partial charge in [0.05, 0.1) is 17.3 Å². The lowest BCUT2D eigenvalue weighted by atomic mass is 9.61. The Balaban J connectivity index is 1.64. The van der Waals surface area contributed by atoms with Crippen LogP contribution in [0.15, 0.2) is 33.0 Å². The molecule has 4 nitrogen and oxygen atoms in total. The number of halogens is 1. The first-order valence-electron chi connectivity index (χ1n) is 9.39. The van der Waals surface area contributed by atoms with Crippen molar-refractivity contribution in [1.82, 2.24) is 5.32 Å². The largest absolute Gasteiger partial charge is 0.388 e.